The Morgan fingerprint density at radius 1 is 1.32 bits per heavy atom. The summed E-state index contributed by atoms with van der Waals surface area (Å²) in [6, 6.07) is 5.89. The first-order chi connectivity index (χ1) is 10.4. The largest absolute Gasteiger partial charge is 0.481 e. The Kier molecular flexibility index (Phi) is 3.71. The average molecular weight is 302 g/mol. The van der Waals surface area contributed by atoms with Gasteiger partial charge in [0.05, 0.1) is 5.41 Å². The second kappa shape index (κ2) is 5.41. The third-order valence-corrected chi connectivity index (χ3v) is 5.37. The lowest BCUT2D eigenvalue weighted by Gasteiger charge is -2.43. The fourth-order valence-corrected chi connectivity index (χ4v) is 4.17. The maximum atomic E-state index is 11.5. The van der Waals surface area contributed by atoms with Gasteiger partial charge < -0.3 is 9.84 Å². The molecule has 0 radical (unpaired) electrons. The van der Waals surface area contributed by atoms with Crippen molar-refractivity contribution in [2.24, 2.45) is 11.3 Å². The Morgan fingerprint density at radius 2 is 2.09 bits per heavy atom. The zero-order valence-electron chi connectivity index (χ0n) is 13.1. The number of rotatable bonds is 2. The highest BCUT2D eigenvalue weighted by atomic mass is 16.5. The second-order valence-electron chi connectivity index (χ2n) is 6.97. The molecule has 1 N–H and O–H groups in total. The molecular formula is C18H22O4. The number of carboxylic acid groups (broad SMARTS) is 1. The van der Waals surface area contributed by atoms with Gasteiger partial charge in [-0.2, -0.15) is 0 Å². The van der Waals surface area contributed by atoms with Crippen molar-refractivity contribution < 1.29 is 19.4 Å². The first-order valence-corrected chi connectivity index (χ1v) is 7.94. The smallest absolute Gasteiger partial charge is 0.309 e. The molecule has 22 heavy (non-hydrogen) atoms. The quantitative estimate of drug-likeness (QED) is 0.670. The molecule has 0 unspecified atom stereocenters. The molecule has 118 valence electrons. The second-order valence-corrected chi connectivity index (χ2v) is 6.97. The summed E-state index contributed by atoms with van der Waals surface area (Å²) in [6.07, 6.45) is 4.37. The van der Waals surface area contributed by atoms with E-state index < -0.39 is 11.4 Å². The van der Waals surface area contributed by atoms with Crippen LogP contribution >= 0.6 is 0 Å². The van der Waals surface area contributed by atoms with Crippen LogP contribution in [0, 0.1) is 11.3 Å². The van der Waals surface area contributed by atoms with Gasteiger partial charge >= 0.3 is 11.9 Å². The molecule has 0 heterocycles. The van der Waals surface area contributed by atoms with Crippen LogP contribution in [-0.2, 0) is 16.0 Å². The summed E-state index contributed by atoms with van der Waals surface area (Å²) in [5, 5.41) is 9.45. The number of hydrogen-bond acceptors (Lipinski definition) is 3. The molecular weight excluding hydrogens is 280 g/mol. The van der Waals surface area contributed by atoms with E-state index in [1.54, 1.807) is 0 Å². The number of carbonyl (C=O) groups is 2. The van der Waals surface area contributed by atoms with E-state index in [9.17, 15) is 14.7 Å². The number of ether oxygens (including phenoxy) is 1. The zero-order chi connectivity index (χ0) is 15.9. The maximum absolute atomic E-state index is 11.5. The standard InChI is InChI=1S/C18H22O4/c1-11(19)22-14-5-6-15-12(9-14)3-4-13-10-18(2,17(20)21)8-7-16(13)15/h5-6,9,13,16H,3-4,7-8,10H2,1-2H3,(H,20,21)/t13-,16-,18-/m0/s1. The Hall–Kier alpha value is -1.84. The number of fused-ring (bicyclic) bond motifs is 3. The highest BCUT2D eigenvalue weighted by Crippen LogP contribution is 2.51. The topological polar surface area (TPSA) is 63.6 Å². The summed E-state index contributed by atoms with van der Waals surface area (Å²) in [5.74, 6) is 0.533. The minimum absolute atomic E-state index is 0.302. The number of aliphatic carboxylic acids is 1. The summed E-state index contributed by atoms with van der Waals surface area (Å²) >= 11 is 0. The molecule has 0 aliphatic heterocycles. The van der Waals surface area contributed by atoms with Crippen LogP contribution in [0.3, 0.4) is 0 Å². The lowest BCUT2D eigenvalue weighted by Crippen LogP contribution is -2.38. The van der Waals surface area contributed by atoms with Gasteiger partial charge in [-0.1, -0.05) is 6.07 Å². The van der Waals surface area contributed by atoms with E-state index in [0.29, 0.717) is 17.6 Å². The van der Waals surface area contributed by atoms with Crippen LogP contribution in [0.1, 0.15) is 56.6 Å². The van der Waals surface area contributed by atoms with Gasteiger partial charge in [0.15, 0.2) is 0 Å². The summed E-state index contributed by atoms with van der Waals surface area (Å²) in [5.41, 5.74) is 2.00. The summed E-state index contributed by atoms with van der Waals surface area (Å²) in [6.45, 7) is 3.29. The highest BCUT2D eigenvalue weighted by molar-refractivity contribution is 5.74. The van der Waals surface area contributed by atoms with Gasteiger partial charge in [-0.15, -0.1) is 0 Å². The molecule has 1 aromatic rings. The molecule has 0 saturated heterocycles. The zero-order valence-corrected chi connectivity index (χ0v) is 13.1. The van der Waals surface area contributed by atoms with Crippen LogP contribution in [0.25, 0.3) is 0 Å². The van der Waals surface area contributed by atoms with Crippen LogP contribution in [-0.4, -0.2) is 17.0 Å². The average Bonchev–Trinajstić information content (AvgIpc) is 2.45. The molecule has 1 aromatic carbocycles. The molecule has 2 aliphatic rings. The van der Waals surface area contributed by atoms with E-state index in [1.165, 1.54) is 18.1 Å². The molecule has 1 fully saturated rings. The van der Waals surface area contributed by atoms with Crippen molar-refractivity contribution in [1.29, 1.82) is 0 Å². The molecule has 4 nitrogen and oxygen atoms in total. The molecule has 1 saturated carbocycles. The summed E-state index contributed by atoms with van der Waals surface area (Å²) in [4.78, 5) is 22.6. The summed E-state index contributed by atoms with van der Waals surface area (Å²) in [7, 11) is 0. The van der Waals surface area contributed by atoms with E-state index in [-0.39, 0.29) is 5.97 Å². The number of hydrogen-bond donors (Lipinski definition) is 1. The van der Waals surface area contributed by atoms with E-state index in [0.717, 1.165) is 32.1 Å². The molecule has 3 rings (SSSR count). The SMILES string of the molecule is CC(=O)Oc1ccc2c(c1)CC[C@H]1C[C@@](C)(C(=O)O)CC[C@H]21. The molecule has 3 atom stereocenters. The number of carbonyl (C=O) groups excluding carboxylic acids is 1. The molecule has 0 bridgehead atoms. The van der Waals surface area contributed by atoms with Gasteiger partial charge in [0.1, 0.15) is 5.75 Å². The van der Waals surface area contributed by atoms with E-state index in [4.69, 9.17) is 4.74 Å². The van der Waals surface area contributed by atoms with Gasteiger partial charge in [0.25, 0.3) is 0 Å². The van der Waals surface area contributed by atoms with Crippen molar-refractivity contribution in [3.8, 4) is 5.75 Å². The third-order valence-electron chi connectivity index (χ3n) is 5.37. The van der Waals surface area contributed by atoms with Gasteiger partial charge in [-0.05, 0) is 74.1 Å². The lowest BCUT2D eigenvalue weighted by molar-refractivity contribution is -0.151. The van der Waals surface area contributed by atoms with E-state index >= 15 is 0 Å². The van der Waals surface area contributed by atoms with E-state index in [2.05, 4.69) is 6.07 Å². The molecule has 0 aromatic heterocycles. The van der Waals surface area contributed by atoms with E-state index in [1.807, 2.05) is 19.1 Å². The van der Waals surface area contributed by atoms with Crippen molar-refractivity contribution in [3.05, 3.63) is 29.3 Å². The Balaban J connectivity index is 1.84. The predicted octanol–water partition coefficient (Wildman–Crippen LogP) is 3.53. The molecule has 0 amide bonds. The van der Waals surface area contributed by atoms with Crippen LogP contribution < -0.4 is 4.74 Å². The van der Waals surface area contributed by atoms with Crippen LogP contribution in [0.5, 0.6) is 5.75 Å². The van der Waals surface area contributed by atoms with Crippen molar-refractivity contribution in [3.63, 3.8) is 0 Å². The number of carboxylic acids is 1. The molecule has 0 spiro atoms. The third kappa shape index (κ3) is 2.62. The molecule has 2 aliphatic carbocycles. The fourth-order valence-electron chi connectivity index (χ4n) is 4.17. The Bertz CT molecular complexity index is 622. The van der Waals surface area contributed by atoms with Gasteiger partial charge in [-0.3, -0.25) is 9.59 Å². The number of benzene rings is 1. The first kappa shape index (κ1) is 15.1. The lowest BCUT2D eigenvalue weighted by atomic mass is 9.60. The van der Waals surface area contributed by atoms with Gasteiger partial charge in [0, 0.05) is 6.92 Å². The number of aryl methyl sites for hydroxylation is 1. The minimum Gasteiger partial charge on any atom is -0.481 e. The van der Waals surface area contributed by atoms with Crippen molar-refractivity contribution in [2.75, 3.05) is 0 Å². The molecule has 4 heteroatoms. The Morgan fingerprint density at radius 3 is 2.77 bits per heavy atom. The van der Waals surface area contributed by atoms with Crippen molar-refractivity contribution >= 4 is 11.9 Å². The van der Waals surface area contributed by atoms with Crippen LogP contribution in [0.15, 0.2) is 18.2 Å². The highest BCUT2D eigenvalue weighted by Gasteiger charge is 2.44. The minimum atomic E-state index is -0.665. The van der Waals surface area contributed by atoms with Crippen molar-refractivity contribution in [1.82, 2.24) is 0 Å². The van der Waals surface area contributed by atoms with Crippen molar-refractivity contribution in [2.45, 2.75) is 51.9 Å². The normalized spacial score (nSPS) is 30.1. The maximum Gasteiger partial charge on any atom is 0.309 e. The number of esters is 1. The van der Waals surface area contributed by atoms with Gasteiger partial charge in [0.2, 0.25) is 0 Å². The monoisotopic (exact) mass is 302 g/mol. The summed E-state index contributed by atoms with van der Waals surface area (Å²) < 4.78 is 5.16. The van der Waals surface area contributed by atoms with Gasteiger partial charge in [-0.25, -0.2) is 0 Å². The first-order valence-electron chi connectivity index (χ1n) is 7.94. The Labute approximate surface area is 130 Å². The van der Waals surface area contributed by atoms with Crippen LogP contribution in [0.2, 0.25) is 0 Å². The fraction of sp³-hybridized carbons (Fsp3) is 0.556. The van der Waals surface area contributed by atoms with Crippen LogP contribution in [0.4, 0.5) is 0 Å². The predicted molar refractivity (Wildman–Crippen MR) is 81.9 cm³/mol.